The second-order valence-electron chi connectivity index (χ2n) is 6.07. The van der Waals surface area contributed by atoms with E-state index in [4.69, 9.17) is 4.74 Å². The largest absolute Gasteiger partial charge is 0.493 e. The predicted molar refractivity (Wildman–Crippen MR) is 100 cm³/mol. The lowest BCUT2D eigenvalue weighted by atomic mass is 10.1. The summed E-state index contributed by atoms with van der Waals surface area (Å²) >= 11 is 0. The Kier molecular flexibility index (Phi) is 5.35. The molecule has 1 atom stereocenters. The fourth-order valence-corrected chi connectivity index (χ4v) is 2.46. The Labute approximate surface area is 156 Å². The number of methoxy groups -OCH3 is 1. The summed E-state index contributed by atoms with van der Waals surface area (Å²) in [5.74, 6) is 0.597. The molecule has 140 valence electrons. The fourth-order valence-electron chi connectivity index (χ4n) is 2.46. The first-order valence-corrected chi connectivity index (χ1v) is 8.58. The van der Waals surface area contributed by atoms with Crippen molar-refractivity contribution in [3.05, 3.63) is 48.4 Å². The number of carbonyl (C=O) groups is 1. The van der Waals surface area contributed by atoms with Gasteiger partial charge in [-0.3, -0.25) is 4.79 Å². The molecular formula is C19H21N5O3. The van der Waals surface area contributed by atoms with Crippen LogP contribution >= 0.6 is 0 Å². The number of aromatic hydroxyl groups is 1. The molecule has 0 aliphatic rings. The predicted octanol–water partition coefficient (Wildman–Crippen LogP) is 2.57. The Bertz CT molecular complexity index is 937. The molecule has 0 aliphatic heterocycles. The smallest absolute Gasteiger partial charge is 0.253 e. The summed E-state index contributed by atoms with van der Waals surface area (Å²) < 4.78 is 6.41. The van der Waals surface area contributed by atoms with E-state index >= 15 is 0 Å². The van der Waals surface area contributed by atoms with E-state index in [1.807, 2.05) is 13.8 Å². The summed E-state index contributed by atoms with van der Waals surface area (Å²) in [6, 6.07) is 6.83. The molecule has 0 bridgehead atoms. The number of ether oxygens (including phenoxy) is 1. The first-order chi connectivity index (χ1) is 13.0. The molecule has 0 fully saturated rings. The van der Waals surface area contributed by atoms with Gasteiger partial charge in [0.05, 0.1) is 24.4 Å². The fraction of sp³-hybridized carbons (Fsp3) is 0.263. The van der Waals surface area contributed by atoms with Gasteiger partial charge in [0.15, 0.2) is 5.82 Å². The van der Waals surface area contributed by atoms with Gasteiger partial charge in [-0.05, 0) is 37.1 Å². The van der Waals surface area contributed by atoms with Gasteiger partial charge in [0, 0.05) is 24.5 Å². The van der Waals surface area contributed by atoms with E-state index in [1.54, 1.807) is 30.5 Å². The van der Waals surface area contributed by atoms with Crippen molar-refractivity contribution < 1.29 is 14.6 Å². The molecule has 27 heavy (non-hydrogen) atoms. The molecule has 0 spiro atoms. The molecule has 3 aromatic rings. The quantitative estimate of drug-likeness (QED) is 0.694. The van der Waals surface area contributed by atoms with Crippen LogP contribution in [0.1, 0.15) is 30.6 Å². The van der Waals surface area contributed by atoms with Gasteiger partial charge in [0.2, 0.25) is 11.8 Å². The van der Waals surface area contributed by atoms with Crippen molar-refractivity contribution in [2.24, 2.45) is 0 Å². The zero-order valence-corrected chi connectivity index (χ0v) is 15.4. The molecule has 8 heteroatoms. The highest BCUT2D eigenvalue weighted by Crippen LogP contribution is 2.31. The van der Waals surface area contributed by atoms with Gasteiger partial charge in [0.1, 0.15) is 0 Å². The summed E-state index contributed by atoms with van der Waals surface area (Å²) in [5, 5.41) is 17.6. The van der Waals surface area contributed by atoms with Crippen LogP contribution in [0.3, 0.4) is 0 Å². The Morgan fingerprint density at radius 1 is 1.30 bits per heavy atom. The lowest BCUT2D eigenvalue weighted by Gasteiger charge is -2.11. The van der Waals surface area contributed by atoms with E-state index in [0.717, 1.165) is 12.0 Å². The number of pyridine rings is 2. The number of carbonyl (C=O) groups excluding carboxylic acids is 1. The van der Waals surface area contributed by atoms with Crippen molar-refractivity contribution in [1.82, 2.24) is 25.1 Å². The van der Waals surface area contributed by atoms with Gasteiger partial charge >= 0.3 is 0 Å². The third-order valence-electron chi connectivity index (χ3n) is 4.22. The maximum atomic E-state index is 12.1. The highest BCUT2D eigenvalue weighted by atomic mass is 16.5. The average Bonchev–Trinajstić information content (AvgIpc) is 3.09. The van der Waals surface area contributed by atoms with Gasteiger partial charge in [0.25, 0.3) is 5.91 Å². The van der Waals surface area contributed by atoms with Crippen molar-refractivity contribution in [2.75, 3.05) is 7.11 Å². The van der Waals surface area contributed by atoms with Crippen molar-refractivity contribution >= 4 is 5.91 Å². The zero-order chi connectivity index (χ0) is 19.4. The minimum atomic E-state index is -0.183. The van der Waals surface area contributed by atoms with Crippen molar-refractivity contribution in [3.63, 3.8) is 0 Å². The van der Waals surface area contributed by atoms with Gasteiger partial charge in [-0.1, -0.05) is 6.92 Å². The van der Waals surface area contributed by atoms with Crippen LogP contribution < -0.4 is 10.1 Å². The first kappa shape index (κ1) is 18.4. The van der Waals surface area contributed by atoms with E-state index in [0.29, 0.717) is 22.8 Å². The molecule has 0 saturated heterocycles. The van der Waals surface area contributed by atoms with Crippen LogP contribution in [0.25, 0.3) is 16.9 Å². The molecule has 1 unspecified atom stereocenters. The van der Waals surface area contributed by atoms with Crippen LogP contribution in [0, 0.1) is 0 Å². The molecule has 0 aromatic carbocycles. The number of nitrogens with one attached hydrogen (secondary N) is 1. The Hall–Kier alpha value is -3.42. The van der Waals surface area contributed by atoms with Crippen molar-refractivity contribution in [2.45, 2.75) is 26.3 Å². The van der Waals surface area contributed by atoms with Crippen LogP contribution in [0.15, 0.2) is 42.9 Å². The SMILES string of the molecule is CCC(C)NC(=O)c1ccc(-n2ncc(-c3ccnc(OC)c3)c2O)nc1. The van der Waals surface area contributed by atoms with Crippen LogP contribution in [0.5, 0.6) is 11.8 Å². The van der Waals surface area contributed by atoms with E-state index in [1.165, 1.54) is 24.2 Å². The minimum Gasteiger partial charge on any atom is -0.493 e. The third-order valence-corrected chi connectivity index (χ3v) is 4.22. The normalized spacial score (nSPS) is 11.8. The van der Waals surface area contributed by atoms with Crippen molar-refractivity contribution in [3.8, 4) is 28.7 Å². The maximum Gasteiger partial charge on any atom is 0.253 e. The molecule has 8 nitrogen and oxygen atoms in total. The molecule has 3 aromatic heterocycles. The van der Waals surface area contributed by atoms with E-state index in [-0.39, 0.29) is 17.8 Å². The first-order valence-electron chi connectivity index (χ1n) is 8.58. The topological polar surface area (TPSA) is 102 Å². The van der Waals surface area contributed by atoms with Gasteiger partial charge < -0.3 is 15.2 Å². The van der Waals surface area contributed by atoms with Crippen molar-refractivity contribution in [1.29, 1.82) is 0 Å². The number of hydrogen-bond acceptors (Lipinski definition) is 6. The van der Waals surface area contributed by atoms with Crippen LogP contribution in [-0.4, -0.2) is 43.9 Å². The molecule has 3 heterocycles. The summed E-state index contributed by atoms with van der Waals surface area (Å²) in [6.07, 6.45) is 5.44. The highest BCUT2D eigenvalue weighted by molar-refractivity contribution is 5.94. The average molecular weight is 367 g/mol. The second kappa shape index (κ2) is 7.86. The van der Waals surface area contributed by atoms with E-state index < -0.39 is 0 Å². The Morgan fingerprint density at radius 3 is 2.78 bits per heavy atom. The summed E-state index contributed by atoms with van der Waals surface area (Å²) in [7, 11) is 1.53. The molecule has 0 saturated carbocycles. The van der Waals surface area contributed by atoms with Gasteiger partial charge in [-0.2, -0.15) is 9.78 Å². The molecule has 2 N–H and O–H groups in total. The summed E-state index contributed by atoms with van der Waals surface area (Å²) in [6.45, 7) is 3.94. The lowest BCUT2D eigenvalue weighted by molar-refractivity contribution is 0.0939. The zero-order valence-electron chi connectivity index (χ0n) is 15.4. The molecule has 0 aliphatic carbocycles. The summed E-state index contributed by atoms with van der Waals surface area (Å²) in [5.41, 5.74) is 1.69. The van der Waals surface area contributed by atoms with E-state index in [9.17, 15) is 9.90 Å². The number of aromatic nitrogens is 4. The standard InChI is InChI=1S/C19H21N5O3/c1-4-12(2)23-18(25)14-5-6-16(21-10-14)24-19(26)15(11-22-24)13-7-8-20-17(9-13)27-3/h5-12,26H,4H2,1-3H3,(H,23,25). The number of amides is 1. The molecule has 1 amide bonds. The Morgan fingerprint density at radius 2 is 2.11 bits per heavy atom. The minimum absolute atomic E-state index is 0.0624. The monoisotopic (exact) mass is 367 g/mol. The Balaban J connectivity index is 1.85. The van der Waals surface area contributed by atoms with Crippen LogP contribution in [0.4, 0.5) is 0 Å². The highest BCUT2D eigenvalue weighted by Gasteiger charge is 2.15. The summed E-state index contributed by atoms with van der Waals surface area (Å²) in [4.78, 5) is 20.4. The lowest BCUT2D eigenvalue weighted by Crippen LogP contribution is -2.31. The second-order valence-corrected chi connectivity index (χ2v) is 6.07. The number of rotatable bonds is 6. The maximum absolute atomic E-state index is 12.1. The molecule has 0 radical (unpaired) electrons. The molecule has 3 rings (SSSR count). The number of hydrogen-bond donors (Lipinski definition) is 2. The van der Waals surface area contributed by atoms with Crippen LogP contribution in [0.2, 0.25) is 0 Å². The number of nitrogens with zero attached hydrogens (tertiary/aromatic N) is 4. The third kappa shape index (κ3) is 3.89. The van der Waals surface area contributed by atoms with Gasteiger partial charge in [-0.15, -0.1) is 0 Å². The van der Waals surface area contributed by atoms with E-state index in [2.05, 4.69) is 20.4 Å². The molecular weight excluding hydrogens is 346 g/mol. The van der Waals surface area contributed by atoms with Crippen LogP contribution in [-0.2, 0) is 0 Å². The van der Waals surface area contributed by atoms with Gasteiger partial charge in [-0.25, -0.2) is 9.97 Å².